The smallest absolute Gasteiger partial charge is 0.237 e. The number of thioether (sulfide) groups is 1. The number of benzene rings is 2. The lowest BCUT2D eigenvalue weighted by atomic mass is 10.1. The van der Waals surface area contributed by atoms with Gasteiger partial charge in [0, 0.05) is 11.7 Å². The fourth-order valence-electron chi connectivity index (χ4n) is 3.36. The second-order valence-electron chi connectivity index (χ2n) is 6.39. The first kappa shape index (κ1) is 16.8. The van der Waals surface area contributed by atoms with E-state index in [4.69, 9.17) is 0 Å². The zero-order valence-corrected chi connectivity index (χ0v) is 15.5. The van der Waals surface area contributed by atoms with Gasteiger partial charge in [-0.2, -0.15) is 4.68 Å². The third-order valence-electron chi connectivity index (χ3n) is 4.59. The van der Waals surface area contributed by atoms with Crippen LogP contribution in [0, 0.1) is 6.92 Å². The molecule has 1 aromatic heterocycles. The fraction of sp³-hybridized carbons (Fsp3) is 0.263. The second kappa shape index (κ2) is 6.92. The van der Waals surface area contributed by atoms with E-state index < -0.39 is 0 Å². The van der Waals surface area contributed by atoms with Gasteiger partial charge >= 0.3 is 0 Å². The predicted molar refractivity (Wildman–Crippen MR) is 102 cm³/mol. The van der Waals surface area contributed by atoms with Crippen LogP contribution >= 0.6 is 11.8 Å². The molecule has 2 aromatic carbocycles. The van der Waals surface area contributed by atoms with Crippen molar-refractivity contribution in [3.05, 3.63) is 59.7 Å². The third kappa shape index (κ3) is 2.99. The highest BCUT2D eigenvalue weighted by atomic mass is 32.2. The lowest BCUT2D eigenvalue weighted by Crippen LogP contribution is -2.37. The highest BCUT2D eigenvalue weighted by Crippen LogP contribution is 2.32. The number of fused-ring (bicyclic) bond motifs is 1. The van der Waals surface area contributed by atoms with Gasteiger partial charge in [0.25, 0.3) is 0 Å². The molecule has 7 heteroatoms. The van der Waals surface area contributed by atoms with E-state index in [2.05, 4.69) is 28.5 Å². The molecule has 132 valence electrons. The number of carbonyl (C=O) groups is 1. The monoisotopic (exact) mass is 365 g/mol. The van der Waals surface area contributed by atoms with Gasteiger partial charge in [-0.3, -0.25) is 4.79 Å². The Morgan fingerprint density at radius 1 is 1.15 bits per heavy atom. The van der Waals surface area contributed by atoms with E-state index in [0.29, 0.717) is 10.9 Å². The van der Waals surface area contributed by atoms with Crippen LogP contribution in [0.5, 0.6) is 0 Å². The maximum Gasteiger partial charge on any atom is 0.237 e. The van der Waals surface area contributed by atoms with Crippen LogP contribution in [-0.4, -0.2) is 37.9 Å². The number of aryl methyl sites for hydroxylation is 1. The van der Waals surface area contributed by atoms with Crippen LogP contribution in [0.15, 0.2) is 53.7 Å². The van der Waals surface area contributed by atoms with Gasteiger partial charge in [0.1, 0.15) is 0 Å². The molecule has 0 saturated heterocycles. The molecule has 2 heterocycles. The number of hydrogen-bond acceptors (Lipinski definition) is 5. The minimum absolute atomic E-state index is 0.0757. The zero-order chi connectivity index (χ0) is 18.1. The molecule has 1 unspecified atom stereocenters. The number of hydrogen-bond donors (Lipinski definition) is 0. The molecule has 0 saturated carbocycles. The van der Waals surface area contributed by atoms with Crippen LogP contribution in [0.4, 0.5) is 5.69 Å². The Kier molecular flexibility index (Phi) is 4.46. The highest BCUT2D eigenvalue weighted by Gasteiger charge is 2.30. The van der Waals surface area contributed by atoms with Crippen molar-refractivity contribution < 1.29 is 4.79 Å². The molecule has 0 bridgehead atoms. The Morgan fingerprint density at radius 2 is 1.88 bits per heavy atom. The van der Waals surface area contributed by atoms with E-state index in [9.17, 15) is 4.79 Å². The molecule has 26 heavy (non-hydrogen) atoms. The minimum Gasteiger partial charge on any atom is -0.308 e. The topological polar surface area (TPSA) is 63.9 Å². The molecule has 0 spiro atoms. The number of para-hydroxylation sites is 2. The summed E-state index contributed by atoms with van der Waals surface area (Å²) in [6.45, 7) is 4.10. The van der Waals surface area contributed by atoms with Crippen molar-refractivity contribution >= 4 is 23.4 Å². The fourth-order valence-corrected chi connectivity index (χ4v) is 4.11. The Bertz CT molecular complexity index is 954. The van der Waals surface area contributed by atoms with Crippen LogP contribution in [-0.2, 0) is 11.2 Å². The molecule has 4 rings (SSSR count). The van der Waals surface area contributed by atoms with Gasteiger partial charge < -0.3 is 4.90 Å². The molecule has 0 fully saturated rings. The van der Waals surface area contributed by atoms with Crippen LogP contribution in [0.2, 0.25) is 0 Å². The van der Waals surface area contributed by atoms with Crippen LogP contribution in [0.3, 0.4) is 0 Å². The van der Waals surface area contributed by atoms with Crippen molar-refractivity contribution in [1.82, 2.24) is 20.2 Å². The van der Waals surface area contributed by atoms with Crippen LogP contribution < -0.4 is 4.90 Å². The van der Waals surface area contributed by atoms with Gasteiger partial charge in [-0.25, -0.2) is 0 Å². The molecule has 6 nitrogen and oxygen atoms in total. The Morgan fingerprint density at radius 3 is 2.69 bits per heavy atom. The van der Waals surface area contributed by atoms with E-state index in [1.807, 2.05) is 54.3 Å². The van der Waals surface area contributed by atoms with E-state index in [0.717, 1.165) is 23.4 Å². The minimum atomic E-state index is 0.0757. The van der Waals surface area contributed by atoms with Crippen molar-refractivity contribution in [2.45, 2.75) is 31.5 Å². The largest absolute Gasteiger partial charge is 0.308 e. The Hall–Kier alpha value is -2.67. The first-order chi connectivity index (χ1) is 12.6. The predicted octanol–water partition coefficient (Wildman–Crippen LogP) is 3.04. The molecule has 0 N–H and O–H groups in total. The molecule has 1 atom stereocenters. The summed E-state index contributed by atoms with van der Waals surface area (Å²) >= 11 is 1.36. The van der Waals surface area contributed by atoms with E-state index in [-0.39, 0.29) is 11.9 Å². The summed E-state index contributed by atoms with van der Waals surface area (Å²) in [5.41, 5.74) is 4.24. The van der Waals surface area contributed by atoms with Gasteiger partial charge in [-0.05, 0) is 54.0 Å². The first-order valence-corrected chi connectivity index (χ1v) is 9.51. The van der Waals surface area contributed by atoms with Gasteiger partial charge in [0.05, 0.1) is 11.4 Å². The van der Waals surface area contributed by atoms with Gasteiger partial charge in [-0.15, -0.1) is 5.10 Å². The average Bonchev–Trinajstić information content (AvgIpc) is 3.23. The highest BCUT2D eigenvalue weighted by molar-refractivity contribution is 7.99. The molecule has 1 amide bonds. The van der Waals surface area contributed by atoms with Gasteiger partial charge in [0.15, 0.2) is 0 Å². The van der Waals surface area contributed by atoms with E-state index in [1.54, 1.807) is 4.68 Å². The molecule has 1 aliphatic rings. The first-order valence-electron chi connectivity index (χ1n) is 8.52. The maximum atomic E-state index is 12.9. The SMILES string of the molecule is Cc1ccccc1-n1nnnc1SCC(=O)N1c2ccccc2CC1C. The standard InChI is InChI=1S/C19H19N5OS/c1-13-7-3-5-9-16(13)24-19(20-21-22-24)26-12-18(25)23-14(2)11-15-8-4-6-10-17(15)23/h3-10,14H,11-12H2,1-2H3. The number of tetrazole rings is 1. The summed E-state index contributed by atoms with van der Waals surface area (Å²) in [6.07, 6.45) is 0.896. The van der Waals surface area contributed by atoms with Crippen LogP contribution in [0.1, 0.15) is 18.1 Å². The van der Waals surface area contributed by atoms with E-state index in [1.165, 1.54) is 17.3 Å². The van der Waals surface area contributed by atoms with Gasteiger partial charge in [-0.1, -0.05) is 48.2 Å². The van der Waals surface area contributed by atoms with E-state index >= 15 is 0 Å². The molecular formula is C19H19N5OS. The lowest BCUT2D eigenvalue weighted by Gasteiger charge is -2.22. The molecule has 3 aromatic rings. The van der Waals surface area contributed by atoms with Crippen molar-refractivity contribution in [2.75, 3.05) is 10.7 Å². The molecular weight excluding hydrogens is 346 g/mol. The Labute approximate surface area is 156 Å². The van der Waals surface area contributed by atoms with Crippen molar-refractivity contribution in [2.24, 2.45) is 0 Å². The lowest BCUT2D eigenvalue weighted by molar-refractivity contribution is -0.116. The number of aromatic nitrogens is 4. The number of nitrogens with zero attached hydrogens (tertiary/aromatic N) is 5. The number of carbonyl (C=O) groups excluding carboxylic acids is 1. The second-order valence-corrected chi connectivity index (χ2v) is 7.34. The number of anilines is 1. The maximum absolute atomic E-state index is 12.9. The zero-order valence-electron chi connectivity index (χ0n) is 14.7. The summed E-state index contributed by atoms with van der Waals surface area (Å²) in [6, 6.07) is 16.2. The summed E-state index contributed by atoms with van der Waals surface area (Å²) in [5, 5.41) is 12.6. The molecule has 0 radical (unpaired) electrons. The summed E-state index contributed by atoms with van der Waals surface area (Å²) < 4.78 is 1.69. The van der Waals surface area contributed by atoms with Gasteiger partial charge in [0.2, 0.25) is 11.1 Å². The summed E-state index contributed by atoms with van der Waals surface area (Å²) in [7, 11) is 0. The number of amides is 1. The number of rotatable bonds is 4. The van der Waals surface area contributed by atoms with Crippen molar-refractivity contribution in [3.63, 3.8) is 0 Å². The third-order valence-corrected chi connectivity index (χ3v) is 5.49. The van der Waals surface area contributed by atoms with Crippen molar-refractivity contribution in [1.29, 1.82) is 0 Å². The quantitative estimate of drug-likeness (QED) is 0.665. The molecule has 0 aliphatic carbocycles. The Balaban J connectivity index is 1.52. The van der Waals surface area contributed by atoms with Crippen LogP contribution in [0.25, 0.3) is 5.69 Å². The molecule has 1 aliphatic heterocycles. The normalized spacial score (nSPS) is 15.9. The average molecular weight is 365 g/mol. The summed E-state index contributed by atoms with van der Waals surface area (Å²) in [4.78, 5) is 14.7. The van der Waals surface area contributed by atoms with Crippen molar-refractivity contribution in [3.8, 4) is 5.69 Å². The summed E-state index contributed by atoms with van der Waals surface area (Å²) in [5.74, 6) is 0.372.